The molecule has 2 aromatic rings. The molecule has 0 aromatic heterocycles. The maximum absolute atomic E-state index is 12.1. The summed E-state index contributed by atoms with van der Waals surface area (Å²) in [4.78, 5) is 14.9. The third kappa shape index (κ3) is 5.10. The largest absolute Gasteiger partial charge is 0.341 e. The van der Waals surface area contributed by atoms with Crippen molar-refractivity contribution in [1.82, 2.24) is 4.90 Å². The van der Waals surface area contributed by atoms with Gasteiger partial charge in [-0.2, -0.15) is 0 Å². The predicted octanol–water partition coefficient (Wildman–Crippen LogP) is 4.40. The molecule has 2 aromatic carbocycles. The Morgan fingerprint density at radius 2 is 1.71 bits per heavy atom. The standard InChI is InChI=1S/C17H18ClNOS/c1-13-3-5-14(6-4-13)11-19(2)17(20)12-21-16-9-7-15(18)8-10-16/h3-10H,11-12H2,1-2H3. The number of rotatable bonds is 5. The minimum atomic E-state index is 0.121. The van der Waals surface area contributed by atoms with Crippen LogP contribution in [0.5, 0.6) is 0 Å². The van der Waals surface area contributed by atoms with E-state index in [1.807, 2.05) is 31.3 Å². The van der Waals surface area contributed by atoms with Crippen LogP contribution in [-0.4, -0.2) is 23.6 Å². The van der Waals surface area contributed by atoms with Crippen molar-refractivity contribution >= 4 is 29.3 Å². The van der Waals surface area contributed by atoms with E-state index in [0.717, 1.165) is 10.5 Å². The summed E-state index contributed by atoms with van der Waals surface area (Å²) < 4.78 is 0. The van der Waals surface area contributed by atoms with Gasteiger partial charge in [0.1, 0.15) is 0 Å². The van der Waals surface area contributed by atoms with Gasteiger partial charge in [-0.25, -0.2) is 0 Å². The van der Waals surface area contributed by atoms with Gasteiger partial charge in [-0.1, -0.05) is 41.4 Å². The Morgan fingerprint density at radius 1 is 1.10 bits per heavy atom. The van der Waals surface area contributed by atoms with Crippen LogP contribution in [0.15, 0.2) is 53.4 Å². The predicted molar refractivity (Wildman–Crippen MR) is 89.8 cm³/mol. The first kappa shape index (κ1) is 15.9. The van der Waals surface area contributed by atoms with Gasteiger partial charge in [0.15, 0.2) is 0 Å². The third-order valence-electron chi connectivity index (χ3n) is 3.14. The van der Waals surface area contributed by atoms with E-state index in [-0.39, 0.29) is 5.91 Å². The minimum Gasteiger partial charge on any atom is -0.341 e. The molecule has 2 nitrogen and oxygen atoms in total. The summed E-state index contributed by atoms with van der Waals surface area (Å²) >= 11 is 7.37. The van der Waals surface area contributed by atoms with Gasteiger partial charge in [0.25, 0.3) is 0 Å². The second kappa shape index (κ2) is 7.53. The zero-order valence-corrected chi connectivity index (χ0v) is 13.7. The zero-order valence-electron chi connectivity index (χ0n) is 12.2. The molecule has 0 radical (unpaired) electrons. The van der Waals surface area contributed by atoms with Crippen LogP contribution in [0.4, 0.5) is 0 Å². The molecular formula is C17H18ClNOS. The summed E-state index contributed by atoms with van der Waals surface area (Å²) in [7, 11) is 1.84. The molecule has 0 heterocycles. The van der Waals surface area contributed by atoms with E-state index in [1.54, 1.807) is 4.90 Å². The molecule has 0 atom stereocenters. The number of carbonyl (C=O) groups is 1. The van der Waals surface area contributed by atoms with Gasteiger partial charge >= 0.3 is 0 Å². The minimum absolute atomic E-state index is 0.121. The Balaban J connectivity index is 1.84. The highest BCUT2D eigenvalue weighted by molar-refractivity contribution is 8.00. The molecule has 0 fully saturated rings. The van der Waals surface area contributed by atoms with Crippen LogP contribution >= 0.6 is 23.4 Å². The van der Waals surface area contributed by atoms with Crippen LogP contribution in [0.2, 0.25) is 5.02 Å². The molecule has 0 aliphatic rings. The SMILES string of the molecule is Cc1ccc(CN(C)C(=O)CSc2ccc(Cl)cc2)cc1. The average Bonchev–Trinajstić information content (AvgIpc) is 2.48. The molecule has 2 rings (SSSR count). The molecule has 0 bridgehead atoms. The normalized spacial score (nSPS) is 10.4. The molecule has 0 unspecified atom stereocenters. The Morgan fingerprint density at radius 3 is 2.33 bits per heavy atom. The third-order valence-corrected chi connectivity index (χ3v) is 4.39. The number of benzene rings is 2. The van der Waals surface area contributed by atoms with Crippen LogP contribution in [-0.2, 0) is 11.3 Å². The number of nitrogens with zero attached hydrogens (tertiary/aromatic N) is 1. The Kier molecular flexibility index (Phi) is 5.71. The maximum atomic E-state index is 12.1. The van der Waals surface area contributed by atoms with E-state index in [1.165, 1.54) is 17.3 Å². The molecule has 110 valence electrons. The molecule has 1 amide bonds. The highest BCUT2D eigenvalue weighted by Gasteiger charge is 2.09. The Labute approximate surface area is 135 Å². The number of aryl methyl sites for hydroxylation is 1. The lowest BCUT2D eigenvalue weighted by molar-refractivity contribution is -0.127. The summed E-state index contributed by atoms with van der Waals surface area (Å²) in [6.45, 7) is 2.70. The lowest BCUT2D eigenvalue weighted by Crippen LogP contribution is -2.27. The van der Waals surface area contributed by atoms with E-state index in [0.29, 0.717) is 17.3 Å². The zero-order chi connectivity index (χ0) is 15.2. The summed E-state index contributed by atoms with van der Waals surface area (Å²) in [6.07, 6.45) is 0. The van der Waals surface area contributed by atoms with Gasteiger partial charge in [-0.15, -0.1) is 11.8 Å². The van der Waals surface area contributed by atoms with E-state index in [2.05, 4.69) is 31.2 Å². The highest BCUT2D eigenvalue weighted by Crippen LogP contribution is 2.20. The van der Waals surface area contributed by atoms with Crippen molar-refractivity contribution < 1.29 is 4.79 Å². The molecule has 0 aliphatic heterocycles. The molecule has 0 spiro atoms. The van der Waals surface area contributed by atoms with Crippen molar-refractivity contribution in [1.29, 1.82) is 0 Å². The van der Waals surface area contributed by atoms with E-state index < -0.39 is 0 Å². The van der Waals surface area contributed by atoms with Gasteiger partial charge in [0.2, 0.25) is 5.91 Å². The lowest BCUT2D eigenvalue weighted by atomic mass is 10.1. The fraction of sp³-hybridized carbons (Fsp3) is 0.235. The van der Waals surface area contributed by atoms with Gasteiger partial charge < -0.3 is 4.90 Å². The van der Waals surface area contributed by atoms with Crippen molar-refractivity contribution in [2.45, 2.75) is 18.4 Å². The Bertz CT molecular complexity index is 595. The van der Waals surface area contributed by atoms with Crippen LogP contribution in [0.3, 0.4) is 0 Å². The number of carbonyl (C=O) groups excluding carboxylic acids is 1. The molecule has 0 saturated carbocycles. The summed E-state index contributed by atoms with van der Waals surface area (Å²) in [6, 6.07) is 15.8. The van der Waals surface area contributed by atoms with Gasteiger partial charge in [0.05, 0.1) is 5.75 Å². The van der Waals surface area contributed by atoms with Crippen molar-refractivity contribution in [3.63, 3.8) is 0 Å². The maximum Gasteiger partial charge on any atom is 0.232 e. The van der Waals surface area contributed by atoms with Crippen LogP contribution in [0.25, 0.3) is 0 Å². The van der Waals surface area contributed by atoms with E-state index in [4.69, 9.17) is 11.6 Å². The van der Waals surface area contributed by atoms with Crippen molar-refractivity contribution in [3.8, 4) is 0 Å². The molecule has 0 aliphatic carbocycles. The van der Waals surface area contributed by atoms with Crippen molar-refractivity contribution in [2.75, 3.05) is 12.8 Å². The highest BCUT2D eigenvalue weighted by atomic mass is 35.5. The van der Waals surface area contributed by atoms with Gasteiger partial charge in [0, 0.05) is 23.5 Å². The number of amides is 1. The first-order valence-corrected chi connectivity index (χ1v) is 8.09. The fourth-order valence-corrected chi connectivity index (χ4v) is 2.81. The molecule has 0 saturated heterocycles. The molecule has 21 heavy (non-hydrogen) atoms. The van der Waals surface area contributed by atoms with Crippen LogP contribution < -0.4 is 0 Å². The van der Waals surface area contributed by atoms with Crippen LogP contribution in [0, 0.1) is 6.92 Å². The van der Waals surface area contributed by atoms with Gasteiger partial charge in [-0.05, 0) is 36.8 Å². The summed E-state index contributed by atoms with van der Waals surface area (Å²) in [5, 5.41) is 0.710. The van der Waals surface area contributed by atoms with Crippen molar-refractivity contribution in [2.24, 2.45) is 0 Å². The topological polar surface area (TPSA) is 20.3 Å². The van der Waals surface area contributed by atoms with Gasteiger partial charge in [-0.3, -0.25) is 4.79 Å². The number of hydrogen-bond acceptors (Lipinski definition) is 2. The van der Waals surface area contributed by atoms with Crippen LogP contribution in [0.1, 0.15) is 11.1 Å². The fourth-order valence-electron chi connectivity index (χ4n) is 1.84. The molecular weight excluding hydrogens is 302 g/mol. The summed E-state index contributed by atoms with van der Waals surface area (Å²) in [5.74, 6) is 0.555. The second-order valence-corrected chi connectivity index (χ2v) is 6.46. The van der Waals surface area contributed by atoms with E-state index >= 15 is 0 Å². The second-order valence-electron chi connectivity index (χ2n) is 4.98. The number of hydrogen-bond donors (Lipinski definition) is 0. The van der Waals surface area contributed by atoms with E-state index in [9.17, 15) is 4.79 Å². The lowest BCUT2D eigenvalue weighted by Gasteiger charge is -2.17. The average molecular weight is 320 g/mol. The quantitative estimate of drug-likeness (QED) is 0.761. The first-order chi connectivity index (χ1) is 10.0. The molecule has 4 heteroatoms. The molecule has 0 N–H and O–H groups in total. The van der Waals surface area contributed by atoms with Crippen molar-refractivity contribution in [3.05, 3.63) is 64.7 Å². The summed E-state index contributed by atoms with van der Waals surface area (Å²) in [5.41, 5.74) is 2.37. The smallest absolute Gasteiger partial charge is 0.232 e. The number of thioether (sulfide) groups is 1. The Hall–Kier alpha value is -1.45. The first-order valence-electron chi connectivity index (χ1n) is 6.72. The number of halogens is 1. The monoisotopic (exact) mass is 319 g/mol.